The van der Waals surface area contributed by atoms with Crippen LogP contribution in [0.1, 0.15) is 20.2 Å². The van der Waals surface area contributed by atoms with E-state index in [-0.39, 0.29) is 11.8 Å². The zero-order chi connectivity index (χ0) is 19.7. The Hall–Kier alpha value is -2.90. The van der Waals surface area contributed by atoms with Crippen LogP contribution in [0.4, 0.5) is 11.4 Å². The molecule has 2 aromatic carbocycles. The van der Waals surface area contributed by atoms with Gasteiger partial charge < -0.3 is 15.2 Å². The Balaban J connectivity index is 1.57. The van der Waals surface area contributed by atoms with Crippen molar-refractivity contribution in [2.24, 2.45) is 7.05 Å². The number of hydrogen-bond donors (Lipinski definition) is 2. The second kappa shape index (κ2) is 7.61. The second-order valence-corrected chi connectivity index (χ2v) is 7.95. The zero-order valence-corrected chi connectivity index (χ0v) is 17.3. The smallest absolute Gasteiger partial charge is 0.273 e. The average molecular weight is 454 g/mol. The van der Waals surface area contributed by atoms with Gasteiger partial charge in [0.2, 0.25) is 0 Å². The summed E-state index contributed by atoms with van der Waals surface area (Å²) in [4.78, 5) is 25.8. The Kier molecular flexibility index (Phi) is 5.02. The quantitative estimate of drug-likeness (QED) is 0.427. The van der Waals surface area contributed by atoms with Gasteiger partial charge in [-0.2, -0.15) is 0 Å². The number of fused-ring (bicyclic) bond motifs is 1. The van der Waals surface area contributed by atoms with Gasteiger partial charge in [0, 0.05) is 29.3 Å². The number of rotatable bonds is 4. The maximum Gasteiger partial charge on any atom is 0.273 e. The molecule has 0 saturated carbocycles. The van der Waals surface area contributed by atoms with Gasteiger partial charge >= 0.3 is 0 Å². The Bertz CT molecular complexity index is 1140. The molecular weight excluding hydrogens is 438 g/mol. The molecule has 0 spiro atoms. The molecule has 0 aliphatic heterocycles. The van der Waals surface area contributed by atoms with E-state index >= 15 is 0 Å². The molecule has 28 heavy (non-hydrogen) atoms. The fourth-order valence-corrected chi connectivity index (χ4v) is 4.46. The molecule has 140 valence electrons. The van der Waals surface area contributed by atoms with Crippen LogP contribution in [0, 0.1) is 0 Å². The minimum Gasteiger partial charge on any atom is -0.339 e. The molecule has 2 N–H and O–H groups in total. The Labute approximate surface area is 174 Å². The SMILES string of the molecule is Cn1c(C(=O)Nc2cccc(NC(=O)c3cccs3)c2)c(Br)c2ccccc21. The highest BCUT2D eigenvalue weighted by atomic mass is 79.9. The number of anilines is 2. The number of nitrogens with zero attached hydrogens (tertiary/aromatic N) is 1. The number of benzene rings is 2. The maximum atomic E-state index is 12.9. The number of para-hydroxylation sites is 1. The van der Waals surface area contributed by atoms with Crippen LogP contribution in [0.25, 0.3) is 10.9 Å². The number of hydrogen-bond acceptors (Lipinski definition) is 3. The highest BCUT2D eigenvalue weighted by molar-refractivity contribution is 9.10. The van der Waals surface area contributed by atoms with E-state index < -0.39 is 0 Å². The largest absolute Gasteiger partial charge is 0.339 e. The Morgan fingerprint density at radius 1 is 0.929 bits per heavy atom. The van der Waals surface area contributed by atoms with Crippen molar-refractivity contribution < 1.29 is 9.59 Å². The maximum absolute atomic E-state index is 12.9. The molecule has 2 heterocycles. The summed E-state index contributed by atoms with van der Waals surface area (Å²) in [5, 5.41) is 8.59. The first-order valence-corrected chi connectivity index (χ1v) is 10.2. The summed E-state index contributed by atoms with van der Waals surface area (Å²) < 4.78 is 2.61. The predicted molar refractivity (Wildman–Crippen MR) is 117 cm³/mol. The third-order valence-electron chi connectivity index (χ3n) is 4.38. The number of carbonyl (C=O) groups is 2. The lowest BCUT2D eigenvalue weighted by Crippen LogP contribution is -2.16. The average Bonchev–Trinajstić information content (AvgIpc) is 3.30. The van der Waals surface area contributed by atoms with Crippen LogP contribution < -0.4 is 10.6 Å². The lowest BCUT2D eigenvalue weighted by molar-refractivity contribution is 0.101. The van der Waals surface area contributed by atoms with Crippen molar-refractivity contribution in [2.45, 2.75) is 0 Å². The molecule has 0 atom stereocenters. The van der Waals surface area contributed by atoms with Crippen LogP contribution in [-0.4, -0.2) is 16.4 Å². The van der Waals surface area contributed by atoms with Gasteiger partial charge in [0.05, 0.1) is 9.35 Å². The normalized spacial score (nSPS) is 10.8. The summed E-state index contributed by atoms with van der Waals surface area (Å²) in [6.45, 7) is 0. The molecule has 0 aliphatic carbocycles. The van der Waals surface area contributed by atoms with Gasteiger partial charge in [-0.05, 0) is 51.6 Å². The van der Waals surface area contributed by atoms with Crippen LogP contribution >= 0.6 is 27.3 Å². The van der Waals surface area contributed by atoms with Crippen molar-refractivity contribution in [3.63, 3.8) is 0 Å². The summed E-state index contributed by atoms with van der Waals surface area (Å²) in [6, 6.07) is 18.5. The topological polar surface area (TPSA) is 63.1 Å². The molecule has 4 rings (SSSR count). The number of aromatic nitrogens is 1. The molecular formula is C21H16BrN3O2S. The minimum atomic E-state index is -0.229. The molecule has 0 fully saturated rings. The van der Waals surface area contributed by atoms with E-state index in [2.05, 4.69) is 26.6 Å². The van der Waals surface area contributed by atoms with Crippen molar-refractivity contribution in [1.82, 2.24) is 4.57 Å². The van der Waals surface area contributed by atoms with Gasteiger partial charge in [0.15, 0.2) is 0 Å². The second-order valence-electron chi connectivity index (χ2n) is 6.21. The van der Waals surface area contributed by atoms with Crippen LogP contribution in [0.5, 0.6) is 0 Å². The van der Waals surface area contributed by atoms with Crippen molar-refractivity contribution in [2.75, 3.05) is 10.6 Å². The number of aryl methyl sites for hydroxylation is 1. The van der Waals surface area contributed by atoms with Gasteiger partial charge in [-0.1, -0.05) is 30.3 Å². The molecule has 7 heteroatoms. The molecule has 0 bridgehead atoms. The number of amides is 2. The van der Waals surface area contributed by atoms with E-state index in [1.165, 1.54) is 11.3 Å². The molecule has 5 nitrogen and oxygen atoms in total. The molecule has 2 amide bonds. The van der Waals surface area contributed by atoms with Crippen molar-refractivity contribution in [3.05, 3.63) is 81.1 Å². The van der Waals surface area contributed by atoms with E-state index in [1.807, 2.05) is 47.3 Å². The Morgan fingerprint density at radius 3 is 2.32 bits per heavy atom. The first-order chi connectivity index (χ1) is 13.5. The zero-order valence-electron chi connectivity index (χ0n) is 14.9. The first kappa shape index (κ1) is 18.5. The molecule has 0 aliphatic rings. The van der Waals surface area contributed by atoms with Gasteiger partial charge in [0.25, 0.3) is 11.8 Å². The Morgan fingerprint density at radius 2 is 1.64 bits per heavy atom. The predicted octanol–water partition coefficient (Wildman–Crippen LogP) is 5.51. The third-order valence-corrected chi connectivity index (χ3v) is 6.05. The summed E-state index contributed by atoms with van der Waals surface area (Å²) in [5.74, 6) is -0.401. The number of nitrogens with one attached hydrogen (secondary N) is 2. The molecule has 0 unspecified atom stereocenters. The fourth-order valence-electron chi connectivity index (χ4n) is 3.06. The van der Waals surface area contributed by atoms with Crippen LogP contribution in [0.15, 0.2) is 70.5 Å². The van der Waals surface area contributed by atoms with Crippen LogP contribution in [0.3, 0.4) is 0 Å². The lowest BCUT2D eigenvalue weighted by atomic mass is 10.2. The van der Waals surface area contributed by atoms with E-state index in [9.17, 15) is 9.59 Å². The van der Waals surface area contributed by atoms with E-state index in [1.54, 1.807) is 30.3 Å². The summed E-state index contributed by atoms with van der Waals surface area (Å²) in [7, 11) is 1.86. The van der Waals surface area contributed by atoms with E-state index in [0.717, 1.165) is 15.4 Å². The summed E-state index contributed by atoms with van der Waals surface area (Å²) >= 11 is 4.93. The van der Waals surface area contributed by atoms with Gasteiger partial charge in [-0.15, -0.1) is 11.3 Å². The van der Waals surface area contributed by atoms with Crippen molar-refractivity contribution in [1.29, 1.82) is 0 Å². The molecule has 4 aromatic rings. The molecule has 0 saturated heterocycles. The number of halogens is 1. The molecule has 2 aromatic heterocycles. The highest BCUT2D eigenvalue weighted by Crippen LogP contribution is 2.31. The minimum absolute atomic E-state index is 0.171. The van der Waals surface area contributed by atoms with Crippen molar-refractivity contribution in [3.8, 4) is 0 Å². The summed E-state index contributed by atoms with van der Waals surface area (Å²) in [5.41, 5.74) is 2.73. The fraction of sp³-hybridized carbons (Fsp3) is 0.0476. The van der Waals surface area contributed by atoms with Gasteiger partial charge in [-0.25, -0.2) is 0 Å². The molecule has 0 radical (unpaired) electrons. The lowest BCUT2D eigenvalue weighted by Gasteiger charge is -2.09. The van der Waals surface area contributed by atoms with Crippen LogP contribution in [0.2, 0.25) is 0 Å². The van der Waals surface area contributed by atoms with Crippen molar-refractivity contribution >= 4 is 61.4 Å². The highest BCUT2D eigenvalue weighted by Gasteiger charge is 2.19. The first-order valence-electron chi connectivity index (χ1n) is 8.54. The monoisotopic (exact) mass is 453 g/mol. The summed E-state index contributed by atoms with van der Waals surface area (Å²) in [6.07, 6.45) is 0. The van der Waals surface area contributed by atoms with E-state index in [0.29, 0.717) is 21.9 Å². The van der Waals surface area contributed by atoms with Gasteiger partial charge in [-0.3, -0.25) is 9.59 Å². The number of thiophene rings is 1. The van der Waals surface area contributed by atoms with E-state index in [4.69, 9.17) is 0 Å². The van der Waals surface area contributed by atoms with Gasteiger partial charge in [0.1, 0.15) is 5.69 Å². The third kappa shape index (κ3) is 3.46. The number of carbonyl (C=O) groups excluding carboxylic acids is 2. The standard InChI is InChI=1S/C21H16BrN3O2S/c1-25-16-9-3-2-8-15(16)18(22)19(25)21(27)24-14-7-4-6-13(12-14)23-20(26)17-10-5-11-28-17/h2-12H,1H3,(H,23,26)(H,24,27). The van der Waals surface area contributed by atoms with Crippen LogP contribution in [-0.2, 0) is 7.05 Å².